The Morgan fingerprint density at radius 1 is 0.944 bits per heavy atom. The number of pyridine rings is 1. The average Bonchev–Trinajstić information content (AvgIpc) is 3.43. The summed E-state index contributed by atoms with van der Waals surface area (Å²) >= 11 is 1.25. The average molecular weight is 765 g/mol. The number of unbranched alkanes of at least 4 members (excludes halogenated alkanes) is 1. The minimum atomic E-state index is -2.22. The minimum absolute atomic E-state index is 0.00959. The van der Waals surface area contributed by atoms with Crippen molar-refractivity contribution in [2.45, 2.75) is 77.4 Å². The summed E-state index contributed by atoms with van der Waals surface area (Å²) in [6.45, 7) is 12.7. The lowest BCUT2D eigenvalue weighted by atomic mass is 9.99. The Kier molecular flexibility index (Phi) is 11.6. The van der Waals surface area contributed by atoms with Crippen LogP contribution >= 0.6 is 11.3 Å². The van der Waals surface area contributed by atoms with Gasteiger partial charge in [0.1, 0.15) is 5.75 Å². The standard InChI is InChI=1S/C42H48N4O6SSi/c1-42(2,3)54(4,5)52-36(31-17-20-35(47)39-32(31)18-21-38(48)45-39)26-43-25-28-15-19-34-37(24-28)53-41(51)46(34)22-10-9-11-27-14-16-30(29-12-7-6-8-13-29)33(23-27)44-40(49)50/h6-8,12-21,23-24,36,43-44,47H,9-11,22,25-26H2,1-5H3,(H,45,48)(H,49,50). The number of fused-ring (bicyclic) bond motifs is 2. The quantitative estimate of drug-likeness (QED) is 0.0549. The summed E-state index contributed by atoms with van der Waals surface area (Å²) < 4.78 is 9.72. The molecule has 2 heterocycles. The number of anilines is 1. The summed E-state index contributed by atoms with van der Waals surface area (Å²) in [5.41, 5.74) is 6.33. The van der Waals surface area contributed by atoms with E-state index >= 15 is 0 Å². The predicted molar refractivity (Wildman–Crippen MR) is 222 cm³/mol. The number of nitrogens with zero attached hydrogens (tertiary/aromatic N) is 1. The molecule has 12 heteroatoms. The van der Waals surface area contributed by atoms with Crippen molar-refractivity contribution < 1.29 is 19.4 Å². The third kappa shape index (κ3) is 8.85. The number of carbonyl (C=O) groups is 1. The zero-order chi connectivity index (χ0) is 38.6. The molecule has 0 fully saturated rings. The first kappa shape index (κ1) is 38.7. The Morgan fingerprint density at radius 3 is 2.44 bits per heavy atom. The molecule has 0 aliphatic carbocycles. The molecule has 282 valence electrons. The second-order valence-electron chi connectivity index (χ2n) is 15.2. The first-order valence-corrected chi connectivity index (χ1v) is 22.0. The fourth-order valence-electron chi connectivity index (χ4n) is 6.50. The van der Waals surface area contributed by atoms with Gasteiger partial charge in [0.2, 0.25) is 5.56 Å². The topological polar surface area (TPSA) is 146 Å². The molecule has 0 spiro atoms. The molecular weight excluding hydrogens is 717 g/mol. The van der Waals surface area contributed by atoms with Gasteiger partial charge in [0.15, 0.2) is 8.32 Å². The van der Waals surface area contributed by atoms with E-state index in [2.05, 4.69) is 55.5 Å². The highest BCUT2D eigenvalue weighted by molar-refractivity contribution is 7.16. The molecule has 1 atom stereocenters. The molecule has 6 aromatic rings. The number of benzene rings is 4. The predicted octanol–water partition coefficient (Wildman–Crippen LogP) is 9.24. The maximum absolute atomic E-state index is 13.1. The van der Waals surface area contributed by atoms with E-state index in [0.29, 0.717) is 30.8 Å². The van der Waals surface area contributed by atoms with E-state index < -0.39 is 14.4 Å². The molecule has 6 rings (SSSR count). The summed E-state index contributed by atoms with van der Waals surface area (Å²) in [5, 5.41) is 26.8. The maximum atomic E-state index is 13.1. The van der Waals surface area contributed by atoms with E-state index in [0.717, 1.165) is 62.7 Å². The highest BCUT2D eigenvalue weighted by atomic mass is 32.1. The number of carboxylic acid groups (broad SMARTS) is 1. The van der Waals surface area contributed by atoms with Crippen LogP contribution in [0.3, 0.4) is 0 Å². The van der Waals surface area contributed by atoms with E-state index in [4.69, 9.17) is 4.43 Å². The molecule has 54 heavy (non-hydrogen) atoms. The molecule has 1 unspecified atom stereocenters. The Bertz CT molecular complexity index is 2400. The summed E-state index contributed by atoms with van der Waals surface area (Å²) in [6.07, 6.45) is 0.963. The second kappa shape index (κ2) is 16.2. The van der Waals surface area contributed by atoms with Crippen molar-refractivity contribution in [1.29, 1.82) is 0 Å². The molecule has 1 amide bonds. The number of aromatic hydroxyl groups is 1. The van der Waals surface area contributed by atoms with Gasteiger partial charge in [-0.3, -0.25) is 19.5 Å². The van der Waals surface area contributed by atoms with Crippen LogP contribution in [0.15, 0.2) is 101 Å². The van der Waals surface area contributed by atoms with Crippen LogP contribution in [-0.2, 0) is 23.9 Å². The number of aromatic amines is 1. The number of aryl methyl sites for hydroxylation is 2. The SMILES string of the molecule is CC(C)(C)[Si](C)(C)OC(CNCc1ccc2c(c1)sc(=O)n2CCCCc1ccc(-c2ccccc2)c(NC(=O)O)c1)c1ccc(O)c2[nH]c(=O)ccc12. The Morgan fingerprint density at radius 2 is 1.70 bits per heavy atom. The fourth-order valence-corrected chi connectivity index (χ4v) is 8.76. The lowest BCUT2D eigenvalue weighted by Gasteiger charge is -2.39. The van der Waals surface area contributed by atoms with Gasteiger partial charge in [-0.25, -0.2) is 4.79 Å². The Labute approximate surface area is 319 Å². The first-order valence-electron chi connectivity index (χ1n) is 18.2. The van der Waals surface area contributed by atoms with Crippen molar-refractivity contribution in [3.8, 4) is 16.9 Å². The molecule has 10 nitrogen and oxygen atoms in total. The van der Waals surface area contributed by atoms with E-state index in [9.17, 15) is 24.6 Å². The van der Waals surface area contributed by atoms with Gasteiger partial charge in [-0.1, -0.05) is 86.7 Å². The van der Waals surface area contributed by atoms with Gasteiger partial charge >= 0.3 is 11.0 Å². The van der Waals surface area contributed by atoms with Gasteiger partial charge in [0.05, 0.1) is 27.5 Å². The van der Waals surface area contributed by atoms with Gasteiger partial charge < -0.3 is 24.9 Å². The molecule has 0 saturated heterocycles. The first-order chi connectivity index (χ1) is 25.7. The molecule has 5 N–H and O–H groups in total. The summed E-state index contributed by atoms with van der Waals surface area (Å²) in [7, 11) is -2.22. The number of phenols is 1. The van der Waals surface area contributed by atoms with Crippen LogP contribution in [0.25, 0.3) is 32.2 Å². The van der Waals surface area contributed by atoms with Crippen LogP contribution < -0.4 is 21.1 Å². The second-order valence-corrected chi connectivity index (χ2v) is 21.0. The third-order valence-electron chi connectivity index (χ3n) is 10.4. The van der Waals surface area contributed by atoms with Crippen LogP contribution in [0.4, 0.5) is 10.5 Å². The van der Waals surface area contributed by atoms with Crippen molar-refractivity contribution in [2.75, 3.05) is 11.9 Å². The van der Waals surface area contributed by atoms with E-state index in [-0.39, 0.29) is 27.3 Å². The van der Waals surface area contributed by atoms with Crippen LogP contribution in [-0.4, -0.2) is 40.7 Å². The molecule has 4 aromatic carbocycles. The largest absolute Gasteiger partial charge is 0.506 e. The van der Waals surface area contributed by atoms with Gasteiger partial charge in [0.25, 0.3) is 0 Å². The summed E-state index contributed by atoms with van der Waals surface area (Å²) in [6, 6.07) is 28.4. The summed E-state index contributed by atoms with van der Waals surface area (Å²) in [5.74, 6) is 0.0164. The van der Waals surface area contributed by atoms with E-state index in [1.807, 2.05) is 71.3 Å². The number of rotatable bonds is 14. The molecule has 0 aliphatic rings. The zero-order valence-corrected chi connectivity index (χ0v) is 33.2. The van der Waals surface area contributed by atoms with Crippen LogP contribution in [0.1, 0.15) is 56.4 Å². The van der Waals surface area contributed by atoms with Crippen molar-refractivity contribution in [2.24, 2.45) is 0 Å². The lowest BCUT2D eigenvalue weighted by molar-refractivity contribution is 0.181. The molecule has 0 aliphatic heterocycles. The van der Waals surface area contributed by atoms with Crippen LogP contribution in [0, 0.1) is 0 Å². The van der Waals surface area contributed by atoms with Crippen molar-refractivity contribution in [1.82, 2.24) is 14.9 Å². The molecule has 2 aromatic heterocycles. The van der Waals surface area contributed by atoms with Gasteiger partial charge in [0, 0.05) is 36.7 Å². The lowest BCUT2D eigenvalue weighted by Crippen LogP contribution is -2.43. The zero-order valence-electron chi connectivity index (χ0n) is 31.4. The summed E-state index contributed by atoms with van der Waals surface area (Å²) in [4.78, 5) is 39.5. The highest BCUT2D eigenvalue weighted by Crippen LogP contribution is 2.41. The Balaban J connectivity index is 1.11. The molecule has 0 radical (unpaired) electrons. The number of H-pyrrole nitrogens is 1. The number of phenolic OH excluding ortho intramolecular Hbond substituents is 1. The number of hydrogen-bond acceptors (Lipinski definition) is 7. The number of thiazole rings is 1. The number of amides is 1. The highest BCUT2D eigenvalue weighted by Gasteiger charge is 2.39. The molecule has 0 bridgehead atoms. The van der Waals surface area contributed by atoms with E-state index in [1.54, 1.807) is 12.1 Å². The molecule has 0 saturated carbocycles. The van der Waals surface area contributed by atoms with E-state index in [1.165, 1.54) is 17.4 Å². The third-order valence-corrected chi connectivity index (χ3v) is 15.8. The van der Waals surface area contributed by atoms with Gasteiger partial charge in [-0.15, -0.1) is 0 Å². The maximum Gasteiger partial charge on any atom is 0.409 e. The molecular formula is C42H48N4O6SSi. The van der Waals surface area contributed by atoms with Crippen molar-refractivity contribution in [3.05, 3.63) is 128 Å². The van der Waals surface area contributed by atoms with Crippen LogP contribution in [0.2, 0.25) is 18.1 Å². The number of nitrogens with one attached hydrogen (secondary N) is 3. The van der Waals surface area contributed by atoms with Gasteiger partial charge in [-0.05, 0) is 90.0 Å². The monoisotopic (exact) mass is 764 g/mol. The fraction of sp³-hybridized carbons (Fsp3) is 0.310. The number of hydrogen-bond donors (Lipinski definition) is 5. The Hall–Kier alpha value is -5.01. The smallest absolute Gasteiger partial charge is 0.409 e. The van der Waals surface area contributed by atoms with Crippen molar-refractivity contribution in [3.63, 3.8) is 0 Å². The normalized spacial score (nSPS) is 12.7. The van der Waals surface area contributed by atoms with Gasteiger partial charge in [-0.2, -0.15) is 0 Å². The minimum Gasteiger partial charge on any atom is -0.506 e. The van der Waals surface area contributed by atoms with Crippen LogP contribution in [0.5, 0.6) is 5.75 Å². The van der Waals surface area contributed by atoms with Crippen molar-refractivity contribution >= 4 is 52.6 Å². The number of aromatic nitrogens is 2.